The lowest BCUT2D eigenvalue weighted by molar-refractivity contribution is 0.306. The van der Waals surface area contributed by atoms with Crippen LogP contribution in [-0.2, 0) is 0 Å². The van der Waals surface area contributed by atoms with E-state index >= 15 is 0 Å². The molecule has 0 aromatic heterocycles. The maximum absolute atomic E-state index is 12.5. The largest absolute Gasteiger partial charge is 0.494 e. The third-order valence-electron chi connectivity index (χ3n) is 1.86. The summed E-state index contributed by atoms with van der Waals surface area (Å²) in [6.45, 7) is 0.669. The zero-order valence-corrected chi connectivity index (χ0v) is 8.77. The van der Waals surface area contributed by atoms with Crippen molar-refractivity contribution in [2.75, 3.05) is 12.5 Å². The van der Waals surface area contributed by atoms with Gasteiger partial charge in [0.25, 0.3) is 0 Å². The Morgan fingerprint density at radius 2 is 1.79 bits per heavy atom. The van der Waals surface area contributed by atoms with Gasteiger partial charge in [-0.2, -0.15) is 0 Å². The number of hydrogen-bond acceptors (Lipinski definition) is 1. The monoisotopic (exact) mass is 216 g/mol. The number of alkyl halides is 1. The molecule has 78 valence electrons. The molecule has 0 spiro atoms. The molecule has 0 bridgehead atoms. The zero-order chi connectivity index (χ0) is 10.2. The van der Waals surface area contributed by atoms with Crippen molar-refractivity contribution in [1.29, 1.82) is 0 Å². The third-order valence-corrected chi connectivity index (χ3v) is 2.13. The molecule has 1 nitrogen and oxygen atoms in total. The average Bonchev–Trinajstić information content (AvgIpc) is 2.21. The lowest BCUT2D eigenvalue weighted by Crippen LogP contribution is -1.97. The molecule has 0 heterocycles. The van der Waals surface area contributed by atoms with Gasteiger partial charge in [0.15, 0.2) is 0 Å². The van der Waals surface area contributed by atoms with E-state index in [0.29, 0.717) is 12.5 Å². The minimum Gasteiger partial charge on any atom is -0.494 e. The highest BCUT2D eigenvalue weighted by atomic mass is 35.5. The summed E-state index contributed by atoms with van der Waals surface area (Å²) in [4.78, 5) is 0. The highest BCUT2D eigenvalue weighted by Crippen LogP contribution is 2.11. The lowest BCUT2D eigenvalue weighted by atomic mass is 10.3. The van der Waals surface area contributed by atoms with Gasteiger partial charge in [0.1, 0.15) is 11.6 Å². The molecule has 0 aliphatic carbocycles. The molecule has 1 aromatic carbocycles. The minimum atomic E-state index is -0.237. The van der Waals surface area contributed by atoms with E-state index < -0.39 is 0 Å². The van der Waals surface area contributed by atoms with Gasteiger partial charge in [-0.15, -0.1) is 11.6 Å². The van der Waals surface area contributed by atoms with Crippen LogP contribution in [0.3, 0.4) is 0 Å². The third kappa shape index (κ3) is 4.47. The number of unbranched alkanes of at least 4 members (excludes halogenated alkanes) is 2. The maximum Gasteiger partial charge on any atom is 0.123 e. The molecule has 0 aliphatic heterocycles. The first-order chi connectivity index (χ1) is 6.83. The SMILES string of the molecule is Fc1ccc(OCCCCCCl)cc1. The van der Waals surface area contributed by atoms with E-state index in [1.54, 1.807) is 12.1 Å². The van der Waals surface area contributed by atoms with Crippen molar-refractivity contribution >= 4 is 11.6 Å². The van der Waals surface area contributed by atoms with Crippen molar-refractivity contribution in [3.05, 3.63) is 30.1 Å². The van der Waals surface area contributed by atoms with Gasteiger partial charge in [-0.05, 0) is 43.5 Å². The first-order valence-electron chi connectivity index (χ1n) is 4.77. The van der Waals surface area contributed by atoms with Gasteiger partial charge in [0.05, 0.1) is 6.61 Å². The summed E-state index contributed by atoms with van der Waals surface area (Å²) in [6.07, 6.45) is 3.09. The number of halogens is 2. The Balaban J connectivity index is 2.15. The lowest BCUT2D eigenvalue weighted by Gasteiger charge is -2.04. The van der Waals surface area contributed by atoms with Crippen LogP contribution in [0.25, 0.3) is 0 Å². The Hall–Kier alpha value is -0.760. The van der Waals surface area contributed by atoms with E-state index in [9.17, 15) is 4.39 Å². The van der Waals surface area contributed by atoms with Gasteiger partial charge in [0.2, 0.25) is 0 Å². The first-order valence-corrected chi connectivity index (χ1v) is 5.30. The van der Waals surface area contributed by atoms with Crippen LogP contribution in [0.4, 0.5) is 4.39 Å². The van der Waals surface area contributed by atoms with Crippen molar-refractivity contribution in [2.45, 2.75) is 19.3 Å². The van der Waals surface area contributed by atoms with Crippen molar-refractivity contribution < 1.29 is 9.13 Å². The summed E-state index contributed by atoms with van der Waals surface area (Å²) >= 11 is 5.53. The second kappa shape index (κ2) is 6.66. The summed E-state index contributed by atoms with van der Waals surface area (Å²) in [5.41, 5.74) is 0. The first kappa shape index (κ1) is 11.3. The standard InChI is InChI=1S/C11H14ClFO/c12-8-2-1-3-9-14-11-6-4-10(13)5-7-11/h4-7H,1-3,8-9H2. The van der Waals surface area contributed by atoms with Crippen LogP contribution in [0.2, 0.25) is 0 Å². The Bertz CT molecular complexity index is 248. The van der Waals surface area contributed by atoms with Crippen molar-refractivity contribution in [3.63, 3.8) is 0 Å². The summed E-state index contributed by atoms with van der Waals surface area (Å²) < 4.78 is 17.9. The Labute approximate surface area is 88.8 Å². The van der Waals surface area contributed by atoms with Gasteiger partial charge in [-0.1, -0.05) is 0 Å². The van der Waals surface area contributed by atoms with Gasteiger partial charge in [-0.3, -0.25) is 0 Å². The molecular formula is C11H14ClFO. The highest BCUT2D eigenvalue weighted by Gasteiger charge is 1.94. The van der Waals surface area contributed by atoms with Crippen LogP contribution >= 0.6 is 11.6 Å². The molecule has 1 rings (SSSR count). The van der Waals surface area contributed by atoms with Crippen LogP contribution in [0.15, 0.2) is 24.3 Å². The maximum atomic E-state index is 12.5. The van der Waals surface area contributed by atoms with Crippen molar-refractivity contribution in [3.8, 4) is 5.75 Å². The topological polar surface area (TPSA) is 9.23 Å². The fourth-order valence-electron chi connectivity index (χ4n) is 1.09. The summed E-state index contributed by atoms with van der Waals surface area (Å²) in [7, 11) is 0. The molecule has 3 heteroatoms. The van der Waals surface area contributed by atoms with Crippen LogP contribution in [0.1, 0.15) is 19.3 Å². The minimum absolute atomic E-state index is 0.237. The normalized spacial score (nSPS) is 10.1. The van der Waals surface area contributed by atoms with E-state index in [4.69, 9.17) is 16.3 Å². The molecule has 0 aliphatic rings. The van der Waals surface area contributed by atoms with Crippen molar-refractivity contribution in [2.24, 2.45) is 0 Å². The molecule has 0 radical (unpaired) electrons. The van der Waals surface area contributed by atoms with E-state index in [1.165, 1.54) is 12.1 Å². The predicted molar refractivity (Wildman–Crippen MR) is 56.5 cm³/mol. The zero-order valence-electron chi connectivity index (χ0n) is 8.01. The predicted octanol–water partition coefficient (Wildman–Crippen LogP) is 3.61. The second-order valence-corrected chi connectivity index (χ2v) is 3.43. The Morgan fingerprint density at radius 3 is 2.43 bits per heavy atom. The van der Waals surface area contributed by atoms with Gasteiger partial charge in [-0.25, -0.2) is 4.39 Å². The molecule has 0 atom stereocenters. The second-order valence-electron chi connectivity index (χ2n) is 3.05. The highest BCUT2D eigenvalue weighted by molar-refractivity contribution is 6.17. The van der Waals surface area contributed by atoms with Crippen LogP contribution in [0.5, 0.6) is 5.75 Å². The van der Waals surface area contributed by atoms with Gasteiger partial charge in [0, 0.05) is 5.88 Å². The smallest absolute Gasteiger partial charge is 0.123 e. The molecule has 0 unspecified atom stereocenters. The molecule has 0 amide bonds. The Kier molecular flexibility index (Phi) is 5.38. The molecule has 0 fully saturated rings. The molecule has 0 N–H and O–H groups in total. The quantitative estimate of drug-likeness (QED) is 0.522. The molecule has 14 heavy (non-hydrogen) atoms. The number of benzene rings is 1. The Morgan fingerprint density at radius 1 is 1.07 bits per heavy atom. The molecule has 1 aromatic rings. The van der Waals surface area contributed by atoms with E-state index in [-0.39, 0.29) is 5.82 Å². The summed E-state index contributed by atoms with van der Waals surface area (Å²) in [5.74, 6) is 1.19. The van der Waals surface area contributed by atoms with E-state index in [0.717, 1.165) is 25.0 Å². The molecular weight excluding hydrogens is 203 g/mol. The van der Waals surface area contributed by atoms with Crippen LogP contribution in [0, 0.1) is 5.82 Å². The summed E-state index contributed by atoms with van der Waals surface area (Å²) in [5, 5.41) is 0. The molecule has 0 saturated carbocycles. The van der Waals surface area contributed by atoms with E-state index in [1.807, 2.05) is 0 Å². The summed E-state index contributed by atoms with van der Waals surface area (Å²) in [6, 6.07) is 6.07. The number of hydrogen-bond donors (Lipinski definition) is 0. The molecule has 0 saturated heterocycles. The number of rotatable bonds is 6. The van der Waals surface area contributed by atoms with Crippen molar-refractivity contribution in [1.82, 2.24) is 0 Å². The van der Waals surface area contributed by atoms with Gasteiger partial charge < -0.3 is 4.74 Å². The van der Waals surface area contributed by atoms with Crippen LogP contribution in [-0.4, -0.2) is 12.5 Å². The number of ether oxygens (including phenoxy) is 1. The van der Waals surface area contributed by atoms with E-state index in [2.05, 4.69) is 0 Å². The fourth-order valence-corrected chi connectivity index (χ4v) is 1.28. The average molecular weight is 217 g/mol. The van der Waals surface area contributed by atoms with Crippen LogP contribution < -0.4 is 4.74 Å². The van der Waals surface area contributed by atoms with Gasteiger partial charge >= 0.3 is 0 Å². The fraction of sp³-hybridized carbons (Fsp3) is 0.455.